The van der Waals surface area contributed by atoms with Gasteiger partial charge >= 0.3 is 6.18 Å². The summed E-state index contributed by atoms with van der Waals surface area (Å²) < 4.78 is 38.0. The molecule has 2 aromatic carbocycles. The van der Waals surface area contributed by atoms with Crippen molar-refractivity contribution in [3.63, 3.8) is 0 Å². The van der Waals surface area contributed by atoms with E-state index in [-0.39, 0.29) is 18.2 Å². The van der Waals surface area contributed by atoms with E-state index in [2.05, 4.69) is 10.5 Å². The van der Waals surface area contributed by atoms with Gasteiger partial charge in [0.25, 0.3) is 0 Å². The number of halogens is 3. The third kappa shape index (κ3) is 3.26. The number of rotatable bonds is 2. The Morgan fingerprint density at radius 1 is 1.00 bits per heavy atom. The Hall–Kier alpha value is -2.63. The summed E-state index contributed by atoms with van der Waals surface area (Å²) in [6.07, 6.45) is -4.22. The third-order valence-corrected chi connectivity index (χ3v) is 3.73. The monoisotopic (exact) mass is 318 g/mol. The first-order valence-corrected chi connectivity index (χ1v) is 7.04. The van der Waals surface area contributed by atoms with Crippen molar-refractivity contribution in [1.29, 1.82) is 0 Å². The summed E-state index contributed by atoms with van der Waals surface area (Å²) in [5.74, 6) is -0.622. The van der Waals surface area contributed by atoms with Gasteiger partial charge in [-0.1, -0.05) is 42.5 Å². The predicted molar refractivity (Wildman–Crippen MR) is 79.9 cm³/mol. The molecular formula is C17H13F3N2O. The van der Waals surface area contributed by atoms with E-state index < -0.39 is 11.7 Å². The predicted octanol–water partition coefficient (Wildman–Crippen LogP) is 3.71. The molecule has 1 unspecified atom stereocenters. The fraction of sp³-hybridized carbons (Fsp3) is 0.176. The zero-order chi connectivity index (χ0) is 16.4. The van der Waals surface area contributed by atoms with Crippen molar-refractivity contribution in [2.24, 2.45) is 5.10 Å². The Balaban J connectivity index is 1.97. The number of hydrazone groups is 1. The van der Waals surface area contributed by atoms with Crippen LogP contribution in [0.25, 0.3) is 0 Å². The Morgan fingerprint density at radius 2 is 1.65 bits per heavy atom. The van der Waals surface area contributed by atoms with Crippen molar-refractivity contribution >= 4 is 11.6 Å². The first-order valence-electron chi connectivity index (χ1n) is 7.04. The third-order valence-electron chi connectivity index (χ3n) is 3.73. The normalized spacial score (nSPS) is 18.3. The summed E-state index contributed by atoms with van der Waals surface area (Å²) in [6.45, 7) is 0. The fourth-order valence-electron chi connectivity index (χ4n) is 2.58. The number of alkyl halides is 3. The molecule has 1 amide bonds. The van der Waals surface area contributed by atoms with E-state index in [4.69, 9.17) is 0 Å². The van der Waals surface area contributed by atoms with Crippen LogP contribution in [0, 0.1) is 0 Å². The molecule has 3 rings (SSSR count). The number of hydrogen-bond acceptors (Lipinski definition) is 2. The number of carbonyl (C=O) groups is 1. The molecule has 0 fully saturated rings. The van der Waals surface area contributed by atoms with Crippen LogP contribution in [0.5, 0.6) is 0 Å². The lowest BCUT2D eigenvalue weighted by Gasteiger charge is -2.23. The van der Waals surface area contributed by atoms with E-state index >= 15 is 0 Å². The van der Waals surface area contributed by atoms with E-state index in [0.717, 1.165) is 17.7 Å². The van der Waals surface area contributed by atoms with Gasteiger partial charge in [0.2, 0.25) is 5.91 Å². The van der Waals surface area contributed by atoms with Crippen LogP contribution in [0.1, 0.15) is 29.0 Å². The number of benzene rings is 2. The number of nitrogens with one attached hydrogen (secondary N) is 1. The van der Waals surface area contributed by atoms with Gasteiger partial charge < -0.3 is 0 Å². The highest BCUT2D eigenvalue weighted by Gasteiger charge is 2.31. The molecule has 0 saturated heterocycles. The fourth-order valence-corrected chi connectivity index (χ4v) is 2.58. The van der Waals surface area contributed by atoms with Crippen molar-refractivity contribution < 1.29 is 18.0 Å². The van der Waals surface area contributed by atoms with Gasteiger partial charge in [-0.25, -0.2) is 5.43 Å². The smallest absolute Gasteiger partial charge is 0.273 e. The molecule has 1 heterocycles. The number of hydrogen-bond donors (Lipinski definition) is 1. The molecule has 1 atom stereocenters. The molecule has 6 heteroatoms. The van der Waals surface area contributed by atoms with Crippen molar-refractivity contribution in [2.75, 3.05) is 0 Å². The molecule has 0 aliphatic carbocycles. The Morgan fingerprint density at radius 3 is 2.26 bits per heavy atom. The second kappa shape index (κ2) is 5.87. The number of carbonyl (C=O) groups excluding carboxylic acids is 1. The van der Waals surface area contributed by atoms with E-state index in [0.29, 0.717) is 11.3 Å². The van der Waals surface area contributed by atoms with E-state index in [1.54, 1.807) is 0 Å². The van der Waals surface area contributed by atoms with Crippen LogP contribution in [-0.2, 0) is 11.0 Å². The summed E-state index contributed by atoms with van der Waals surface area (Å²) in [5, 5.41) is 4.10. The topological polar surface area (TPSA) is 41.5 Å². The maximum atomic E-state index is 12.7. The van der Waals surface area contributed by atoms with Gasteiger partial charge in [0.05, 0.1) is 11.3 Å². The summed E-state index contributed by atoms with van der Waals surface area (Å²) in [7, 11) is 0. The molecule has 0 bridgehead atoms. The largest absolute Gasteiger partial charge is 0.416 e. The van der Waals surface area contributed by atoms with Crippen LogP contribution >= 0.6 is 0 Å². The summed E-state index contributed by atoms with van der Waals surface area (Å²) in [5.41, 5.74) is 3.84. The van der Waals surface area contributed by atoms with Gasteiger partial charge in [-0.05, 0) is 23.3 Å². The second-order valence-corrected chi connectivity index (χ2v) is 5.27. The molecule has 1 N–H and O–H groups in total. The van der Waals surface area contributed by atoms with Crippen LogP contribution < -0.4 is 5.43 Å². The molecule has 118 valence electrons. The Bertz CT molecular complexity index is 737. The number of nitrogens with zero attached hydrogens (tertiary/aromatic N) is 1. The average molecular weight is 318 g/mol. The highest BCUT2D eigenvalue weighted by Crippen LogP contribution is 2.32. The highest BCUT2D eigenvalue weighted by molar-refractivity contribution is 6.08. The Kier molecular flexibility index (Phi) is 3.90. The van der Waals surface area contributed by atoms with Crippen LogP contribution in [0.3, 0.4) is 0 Å². The van der Waals surface area contributed by atoms with Crippen LogP contribution in [0.15, 0.2) is 59.7 Å². The zero-order valence-electron chi connectivity index (χ0n) is 12.0. The standard InChI is InChI=1S/C17H13F3N2O/c18-17(19,20)13-8-6-11(7-9-13)14-10-15(23)21-22-16(14)12-4-2-1-3-5-12/h1-9,14H,10H2,(H,21,23). The molecule has 0 radical (unpaired) electrons. The van der Waals surface area contributed by atoms with Crippen LogP contribution in [0.2, 0.25) is 0 Å². The second-order valence-electron chi connectivity index (χ2n) is 5.27. The maximum Gasteiger partial charge on any atom is 0.416 e. The van der Waals surface area contributed by atoms with Gasteiger partial charge in [0, 0.05) is 12.3 Å². The van der Waals surface area contributed by atoms with E-state index in [1.807, 2.05) is 30.3 Å². The first-order chi connectivity index (χ1) is 10.9. The lowest BCUT2D eigenvalue weighted by Crippen LogP contribution is -2.32. The molecule has 0 saturated carbocycles. The molecule has 2 aromatic rings. The summed E-state index contributed by atoms with van der Waals surface area (Å²) >= 11 is 0. The van der Waals surface area contributed by atoms with Crippen molar-refractivity contribution in [2.45, 2.75) is 18.5 Å². The minimum Gasteiger partial charge on any atom is -0.273 e. The molecule has 0 spiro atoms. The molecule has 3 nitrogen and oxygen atoms in total. The van der Waals surface area contributed by atoms with Gasteiger partial charge in [0.1, 0.15) is 0 Å². The molecule has 23 heavy (non-hydrogen) atoms. The summed E-state index contributed by atoms with van der Waals surface area (Å²) in [6, 6.07) is 14.1. The van der Waals surface area contributed by atoms with Crippen molar-refractivity contribution in [3.05, 3.63) is 71.3 Å². The average Bonchev–Trinajstić information content (AvgIpc) is 2.55. The highest BCUT2D eigenvalue weighted by atomic mass is 19.4. The molecule has 0 aromatic heterocycles. The van der Waals surface area contributed by atoms with Crippen molar-refractivity contribution in [3.8, 4) is 0 Å². The quantitative estimate of drug-likeness (QED) is 0.901. The van der Waals surface area contributed by atoms with E-state index in [1.165, 1.54) is 12.1 Å². The van der Waals surface area contributed by atoms with Crippen LogP contribution in [-0.4, -0.2) is 11.6 Å². The lowest BCUT2D eigenvalue weighted by molar-refractivity contribution is -0.137. The summed E-state index contributed by atoms with van der Waals surface area (Å²) in [4.78, 5) is 11.7. The zero-order valence-corrected chi connectivity index (χ0v) is 12.0. The van der Waals surface area contributed by atoms with Gasteiger partial charge in [-0.15, -0.1) is 0 Å². The van der Waals surface area contributed by atoms with E-state index in [9.17, 15) is 18.0 Å². The van der Waals surface area contributed by atoms with Crippen molar-refractivity contribution in [1.82, 2.24) is 5.43 Å². The van der Waals surface area contributed by atoms with Crippen LogP contribution in [0.4, 0.5) is 13.2 Å². The maximum absolute atomic E-state index is 12.7. The molecular weight excluding hydrogens is 305 g/mol. The molecule has 1 aliphatic heterocycles. The minimum absolute atomic E-state index is 0.152. The lowest BCUT2D eigenvalue weighted by atomic mass is 9.86. The minimum atomic E-state index is -4.38. The van der Waals surface area contributed by atoms with Gasteiger partial charge in [0.15, 0.2) is 0 Å². The molecule has 1 aliphatic rings. The van der Waals surface area contributed by atoms with Gasteiger partial charge in [-0.3, -0.25) is 4.79 Å². The first kappa shape index (κ1) is 15.3. The van der Waals surface area contributed by atoms with Gasteiger partial charge in [-0.2, -0.15) is 18.3 Å². The SMILES string of the molecule is O=C1CC(c2ccc(C(F)(F)F)cc2)C(c2ccccc2)=NN1. The Labute approximate surface area is 130 Å². The number of amides is 1.